The van der Waals surface area contributed by atoms with Crippen LogP contribution in [0, 0.1) is 17.0 Å². The number of non-ortho nitro benzene ring substituents is 1. The van der Waals surface area contributed by atoms with Gasteiger partial charge in [-0.3, -0.25) is 10.1 Å². The lowest BCUT2D eigenvalue weighted by Gasteiger charge is -2.13. The Labute approximate surface area is 93.8 Å². The van der Waals surface area contributed by atoms with Gasteiger partial charge >= 0.3 is 0 Å². The number of ether oxygens (including phenoxy) is 1. The summed E-state index contributed by atoms with van der Waals surface area (Å²) in [6.45, 7) is 5.82. The van der Waals surface area contributed by atoms with Gasteiger partial charge in [-0.2, -0.15) is 0 Å². The standard InChI is InChI=1S/C11H14NO4/c1-3-16-11-5-4-9(12(14)15)6-10(11)8(2)7-13/h4-6,8,13H,2-3,7H2,1H3. The molecule has 0 spiro atoms. The predicted octanol–water partition coefficient (Wildman–Crippen LogP) is 1.90. The molecule has 0 aliphatic heterocycles. The maximum atomic E-state index is 10.6. The van der Waals surface area contributed by atoms with E-state index >= 15 is 0 Å². The molecule has 1 N–H and O–H groups in total. The number of hydrogen-bond acceptors (Lipinski definition) is 4. The minimum absolute atomic E-state index is 0.0273. The number of aliphatic hydroxyl groups excluding tert-OH is 1. The quantitative estimate of drug-likeness (QED) is 0.612. The normalized spacial score (nSPS) is 12.2. The lowest BCUT2D eigenvalue weighted by Crippen LogP contribution is -2.04. The molecular formula is C11H14NO4. The minimum atomic E-state index is -0.483. The van der Waals surface area contributed by atoms with Crippen molar-refractivity contribution >= 4 is 5.69 Å². The van der Waals surface area contributed by atoms with Gasteiger partial charge in [0.05, 0.1) is 18.1 Å². The topological polar surface area (TPSA) is 72.6 Å². The van der Waals surface area contributed by atoms with Crippen molar-refractivity contribution in [2.24, 2.45) is 0 Å². The highest BCUT2D eigenvalue weighted by Gasteiger charge is 2.16. The van der Waals surface area contributed by atoms with E-state index < -0.39 is 10.8 Å². The van der Waals surface area contributed by atoms with Gasteiger partial charge in [0.1, 0.15) is 5.75 Å². The Balaban J connectivity index is 3.15. The van der Waals surface area contributed by atoms with Crippen molar-refractivity contribution in [3.05, 3.63) is 40.8 Å². The van der Waals surface area contributed by atoms with E-state index in [0.717, 1.165) is 0 Å². The summed E-state index contributed by atoms with van der Waals surface area (Å²) in [5.74, 6) is 0.101. The predicted molar refractivity (Wildman–Crippen MR) is 59.4 cm³/mol. The largest absolute Gasteiger partial charge is 0.494 e. The molecule has 0 saturated carbocycles. The van der Waals surface area contributed by atoms with Crippen LogP contribution in [0.1, 0.15) is 18.4 Å². The maximum absolute atomic E-state index is 10.6. The van der Waals surface area contributed by atoms with E-state index in [0.29, 0.717) is 17.9 Å². The first-order chi connectivity index (χ1) is 7.60. The zero-order valence-electron chi connectivity index (χ0n) is 9.05. The number of hydrogen-bond donors (Lipinski definition) is 1. The fourth-order valence-electron chi connectivity index (χ4n) is 1.35. The smallest absolute Gasteiger partial charge is 0.269 e. The van der Waals surface area contributed by atoms with Crippen LogP contribution in [0.5, 0.6) is 5.75 Å². The van der Waals surface area contributed by atoms with Gasteiger partial charge < -0.3 is 9.84 Å². The Hall–Kier alpha value is -1.62. The van der Waals surface area contributed by atoms with E-state index in [4.69, 9.17) is 9.84 Å². The molecule has 1 radical (unpaired) electrons. The van der Waals surface area contributed by atoms with Gasteiger partial charge in [0.2, 0.25) is 0 Å². The fourth-order valence-corrected chi connectivity index (χ4v) is 1.35. The molecule has 0 aliphatic carbocycles. The first kappa shape index (κ1) is 12.4. The van der Waals surface area contributed by atoms with Gasteiger partial charge in [-0.25, -0.2) is 0 Å². The third kappa shape index (κ3) is 2.70. The average Bonchev–Trinajstić information content (AvgIpc) is 2.28. The Kier molecular flexibility index (Phi) is 4.25. The molecule has 1 rings (SSSR count). The molecule has 5 nitrogen and oxygen atoms in total. The van der Waals surface area contributed by atoms with Crippen LogP contribution in [0.2, 0.25) is 0 Å². The third-order valence-corrected chi connectivity index (χ3v) is 2.16. The average molecular weight is 224 g/mol. The zero-order chi connectivity index (χ0) is 12.1. The number of nitro benzene ring substituents is 1. The van der Waals surface area contributed by atoms with Crippen LogP contribution in [0.4, 0.5) is 5.69 Å². The number of nitrogens with zero attached hydrogens (tertiary/aromatic N) is 1. The van der Waals surface area contributed by atoms with Crippen molar-refractivity contribution in [3.8, 4) is 5.75 Å². The molecule has 5 heteroatoms. The summed E-state index contributed by atoms with van der Waals surface area (Å²) in [7, 11) is 0. The first-order valence-electron chi connectivity index (χ1n) is 4.95. The van der Waals surface area contributed by atoms with Crippen LogP contribution >= 0.6 is 0 Å². The van der Waals surface area contributed by atoms with Crippen molar-refractivity contribution in [1.29, 1.82) is 0 Å². The molecule has 16 heavy (non-hydrogen) atoms. The van der Waals surface area contributed by atoms with Crippen molar-refractivity contribution in [2.75, 3.05) is 13.2 Å². The summed E-state index contributed by atoms with van der Waals surface area (Å²) in [5, 5.41) is 19.6. The van der Waals surface area contributed by atoms with Crippen LogP contribution < -0.4 is 4.74 Å². The van der Waals surface area contributed by atoms with Crippen LogP contribution in [-0.4, -0.2) is 23.2 Å². The maximum Gasteiger partial charge on any atom is 0.269 e. The van der Waals surface area contributed by atoms with Gasteiger partial charge in [-0.1, -0.05) is 0 Å². The zero-order valence-corrected chi connectivity index (χ0v) is 9.05. The number of benzene rings is 1. The molecular weight excluding hydrogens is 210 g/mol. The highest BCUT2D eigenvalue weighted by Crippen LogP contribution is 2.30. The van der Waals surface area contributed by atoms with E-state index in [1.165, 1.54) is 18.2 Å². The van der Waals surface area contributed by atoms with Gasteiger partial charge in [0.15, 0.2) is 0 Å². The second kappa shape index (κ2) is 5.46. The highest BCUT2D eigenvalue weighted by molar-refractivity contribution is 5.46. The Morgan fingerprint density at radius 2 is 2.31 bits per heavy atom. The van der Waals surface area contributed by atoms with Gasteiger partial charge in [-0.05, 0) is 19.9 Å². The SMILES string of the molecule is [CH2]C(CO)c1cc([N+](=O)[O-])ccc1OCC. The Morgan fingerprint density at radius 3 is 2.81 bits per heavy atom. The second-order valence-electron chi connectivity index (χ2n) is 3.29. The summed E-state index contributed by atoms with van der Waals surface area (Å²) in [4.78, 5) is 10.1. The molecule has 0 amide bonds. The summed E-state index contributed by atoms with van der Waals surface area (Å²) in [6.07, 6.45) is 0. The van der Waals surface area contributed by atoms with E-state index in [1.54, 1.807) is 0 Å². The van der Waals surface area contributed by atoms with Crippen molar-refractivity contribution in [2.45, 2.75) is 12.8 Å². The Morgan fingerprint density at radius 1 is 1.62 bits per heavy atom. The van der Waals surface area contributed by atoms with Crippen molar-refractivity contribution in [1.82, 2.24) is 0 Å². The monoisotopic (exact) mass is 224 g/mol. The number of aliphatic hydroxyl groups is 1. The molecule has 0 fully saturated rings. The summed E-state index contributed by atoms with van der Waals surface area (Å²) < 4.78 is 5.32. The molecule has 0 aromatic heterocycles. The van der Waals surface area contributed by atoms with E-state index in [-0.39, 0.29) is 12.3 Å². The summed E-state index contributed by atoms with van der Waals surface area (Å²) in [5.41, 5.74) is 0.527. The number of rotatable bonds is 5. The van der Waals surface area contributed by atoms with E-state index in [1.807, 2.05) is 6.92 Å². The van der Waals surface area contributed by atoms with Crippen LogP contribution in [0.25, 0.3) is 0 Å². The lowest BCUT2D eigenvalue weighted by atomic mass is 10.0. The molecule has 0 saturated heterocycles. The van der Waals surface area contributed by atoms with Gasteiger partial charge in [-0.15, -0.1) is 0 Å². The van der Waals surface area contributed by atoms with Crippen molar-refractivity contribution < 1.29 is 14.8 Å². The van der Waals surface area contributed by atoms with E-state index in [2.05, 4.69) is 6.92 Å². The summed E-state index contributed by atoms with van der Waals surface area (Å²) >= 11 is 0. The van der Waals surface area contributed by atoms with Gasteiger partial charge in [0.25, 0.3) is 5.69 Å². The minimum Gasteiger partial charge on any atom is -0.494 e. The van der Waals surface area contributed by atoms with E-state index in [9.17, 15) is 10.1 Å². The second-order valence-corrected chi connectivity index (χ2v) is 3.29. The number of nitro groups is 1. The van der Waals surface area contributed by atoms with Gasteiger partial charge in [0, 0.05) is 23.6 Å². The van der Waals surface area contributed by atoms with Crippen LogP contribution in [0.3, 0.4) is 0 Å². The molecule has 0 aliphatic rings. The molecule has 1 aromatic rings. The third-order valence-electron chi connectivity index (χ3n) is 2.16. The lowest BCUT2D eigenvalue weighted by molar-refractivity contribution is -0.384. The van der Waals surface area contributed by atoms with Crippen molar-refractivity contribution in [3.63, 3.8) is 0 Å². The molecule has 1 aromatic carbocycles. The van der Waals surface area contributed by atoms with Crippen LogP contribution in [-0.2, 0) is 0 Å². The molecule has 0 bridgehead atoms. The first-order valence-corrected chi connectivity index (χ1v) is 4.95. The highest BCUT2D eigenvalue weighted by atomic mass is 16.6. The fraction of sp³-hybridized carbons (Fsp3) is 0.364. The van der Waals surface area contributed by atoms with Crippen LogP contribution in [0.15, 0.2) is 18.2 Å². The summed E-state index contributed by atoms with van der Waals surface area (Å²) in [6, 6.07) is 4.29. The molecule has 1 atom stereocenters. The molecule has 0 heterocycles. The molecule has 87 valence electrons. The Bertz CT molecular complexity index is 378. The molecule has 1 unspecified atom stereocenters.